The molecule has 31 heavy (non-hydrogen) atoms. The molecule has 0 saturated carbocycles. The Morgan fingerprint density at radius 1 is 1.00 bits per heavy atom. The second kappa shape index (κ2) is 9.04. The van der Waals surface area contributed by atoms with E-state index in [4.69, 9.17) is 4.74 Å². The van der Waals surface area contributed by atoms with E-state index in [2.05, 4.69) is 41.6 Å². The summed E-state index contributed by atoms with van der Waals surface area (Å²) in [4.78, 5) is 12.7. The summed E-state index contributed by atoms with van der Waals surface area (Å²) in [6.07, 6.45) is 1.98. The predicted octanol–water partition coefficient (Wildman–Crippen LogP) is 5.11. The van der Waals surface area contributed by atoms with Crippen LogP contribution in [0.25, 0.3) is 10.9 Å². The van der Waals surface area contributed by atoms with Gasteiger partial charge in [0.1, 0.15) is 5.75 Å². The first-order chi connectivity index (χ1) is 15.0. The third-order valence-electron chi connectivity index (χ3n) is 5.11. The van der Waals surface area contributed by atoms with Gasteiger partial charge in [-0.2, -0.15) is 5.10 Å². The highest BCUT2D eigenvalue weighted by molar-refractivity contribution is 5.97. The van der Waals surface area contributed by atoms with E-state index < -0.39 is 0 Å². The zero-order valence-electron chi connectivity index (χ0n) is 18.1. The van der Waals surface area contributed by atoms with Crippen LogP contribution in [0.2, 0.25) is 0 Å². The lowest BCUT2D eigenvalue weighted by Crippen LogP contribution is -2.22. The molecule has 5 nitrogen and oxygen atoms in total. The van der Waals surface area contributed by atoms with E-state index in [1.165, 1.54) is 11.1 Å². The minimum absolute atomic E-state index is 0.104. The summed E-state index contributed by atoms with van der Waals surface area (Å²) in [6.45, 7) is 7.20. The van der Waals surface area contributed by atoms with E-state index in [-0.39, 0.29) is 12.0 Å². The summed E-state index contributed by atoms with van der Waals surface area (Å²) >= 11 is 0. The number of carbonyl (C=O) groups excluding carboxylic acids is 1. The normalized spacial score (nSPS) is 11.1. The largest absolute Gasteiger partial charge is 0.491 e. The number of carbonyl (C=O) groups is 1. The number of hydrogen-bond donors (Lipinski definition) is 1. The molecular weight excluding hydrogens is 386 g/mol. The standard InChI is InChI=1S/C26H27N3O2/c1-18(2)31-24-12-8-20(9-13-24)15-27-26(30)22-10-11-23-16-28-29(25(23)14-22)17-21-6-4-19(3)5-7-21/h4-14,16,18H,15,17H2,1-3H3,(H,27,30). The van der Waals surface area contributed by atoms with Crippen molar-refractivity contribution >= 4 is 16.8 Å². The van der Waals surface area contributed by atoms with Crippen LogP contribution < -0.4 is 10.1 Å². The minimum atomic E-state index is -0.104. The topological polar surface area (TPSA) is 56.2 Å². The molecule has 0 aliphatic rings. The van der Waals surface area contributed by atoms with Crippen LogP contribution in [0.4, 0.5) is 0 Å². The summed E-state index contributed by atoms with van der Waals surface area (Å²) in [6, 6.07) is 21.9. The van der Waals surface area contributed by atoms with E-state index in [1.54, 1.807) is 0 Å². The first-order valence-corrected chi connectivity index (χ1v) is 10.5. The van der Waals surface area contributed by atoms with Crippen molar-refractivity contribution in [1.29, 1.82) is 0 Å². The molecule has 0 saturated heterocycles. The van der Waals surface area contributed by atoms with Crippen LogP contribution in [0, 0.1) is 6.92 Å². The number of amides is 1. The lowest BCUT2D eigenvalue weighted by Gasteiger charge is -2.11. The molecule has 1 N–H and O–H groups in total. The maximum atomic E-state index is 12.7. The molecule has 4 aromatic rings. The van der Waals surface area contributed by atoms with Crippen LogP contribution in [0.5, 0.6) is 5.75 Å². The lowest BCUT2D eigenvalue weighted by molar-refractivity contribution is 0.0951. The van der Waals surface area contributed by atoms with Crippen LogP contribution in [-0.4, -0.2) is 21.8 Å². The SMILES string of the molecule is Cc1ccc(Cn2ncc3ccc(C(=O)NCc4ccc(OC(C)C)cc4)cc32)cc1. The highest BCUT2D eigenvalue weighted by Gasteiger charge is 2.10. The lowest BCUT2D eigenvalue weighted by atomic mass is 10.1. The van der Waals surface area contributed by atoms with Gasteiger partial charge in [-0.3, -0.25) is 9.48 Å². The predicted molar refractivity (Wildman–Crippen MR) is 123 cm³/mol. The molecule has 3 aromatic carbocycles. The average Bonchev–Trinajstić information content (AvgIpc) is 3.16. The van der Waals surface area contributed by atoms with Crippen molar-refractivity contribution in [2.75, 3.05) is 0 Å². The van der Waals surface area contributed by atoms with Crippen molar-refractivity contribution in [3.05, 3.63) is 95.2 Å². The van der Waals surface area contributed by atoms with Gasteiger partial charge in [0.25, 0.3) is 5.91 Å². The van der Waals surface area contributed by atoms with E-state index in [9.17, 15) is 4.79 Å². The molecule has 0 fully saturated rings. The van der Waals surface area contributed by atoms with Gasteiger partial charge in [-0.25, -0.2) is 0 Å². The third kappa shape index (κ3) is 5.12. The Bertz CT molecular complexity index is 1180. The summed E-state index contributed by atoms with van der Waals surface area (Å²) in [5.41, 5.74) is 5.00. The van der Waals surface area contributed by atoms with Gasteiger partial charge in [0.2, 0.25) is 0 Å². The maximum Gasteiger partial charge on any atom is 0.251 e. The summed E-state index contributed by atoms with van der Waals surface area (Å²) < 4.78 is 7.60. The molecule has 5 heteroatoms. The second-order valence-electron chi connectivity index (χ2n) is 8.05. The highest BCUT2D eigenvalue weighted by Crippen LogP contribution is 2.18. The number of rotatable bonds is 7. The molecule has 0 bridgehead atoms. The number of aryl methyl sites for hydroxylation is 1. The van der Waals surface area contributed by atoms with Crippen LogP contribution in [0.15, 0.2) is 72.9 Å². The molecule has 0 aliphatic carbocycles. The van der Waals surface area contributed by atoms with Gasteiger partial charge < -0.3 is 10.1 Å². The zero-order valence-corrected chi connectivity index (χ0v) is 18.1. The third-order valence-corrected chi connectivity index (χ3v) is 5.11. The fourth-order valence-corrected chi connectivity index (χ4v) is 3.45. The van der Waals surface area contributed by atoms with Gasteiger partial charge in [-0.15, -0.1) is 0 Å². The molecule has 4 rings (SSSR count). The van der Waals surface area contributed by atoms with Gasteiger partial charge in [0.15, 0.2) is 0 Å². The Morgan fingerprint density at radius 2 is 1.71 bits per heavy atom. The minimum Gasteiger partial charge on any atom is -0.491 e. The second-order valence-corrected chi connectivity index (χ2v) is 8.05. The van der Waals surface area contributed by atoms with Crippen LogP contribution >= 0.6 is 0 Å². The highest BCUT2D eigenvalue weighted by atomic mass is 16.5. The van der Waals surface area contributed by atoms with Crippen molar-refractivity contribution in [1.82, 2.24) is 15.1 Å². The van der Waals surface area contributed by atoms with Crippen LogP contribution in [0.1, 0.15) is 40.9 Å². The van der Waals surface area contributed by atoms with Gasteiger partial charge in [0, 0.05) is 17.5 Å². The average molecular weight is 414 g/mol. The summed E-state index contributed by atoms with van der Waals surface area (Å²) in [5.74, 6) is 0.727. The van der Waals surface area contributed by atoms with Crippen molar-refractivity contribution in [3.63, 3.8) is 0 Å². The number of hydrogen-bond acceptors (Lipinski definition) is 3. The van der Waals surface area contributed by atoms with Crippen LogP contribution in [-0.2, 0) is 13.1 Å². The van der Waals surface area contributed by atoms with Crippen molar-refractivity contribution in [2.24, 2.45) is 0 Å². The van der Waals surface area contributed by atoms with Gasteiger partial charge in [-0.1, -0.05) is 48.0 Å². The monoisotopic (exact) mass is 413 g/mol. The first kappa shape index (κ1) is 20.7. The Kier molecular flexibility index (Phi) is 6.03. The molecule has 0 unspecified atom stereocenters. The molecule has 0 radical (unpaired) electrons. The summed E-state index contributed by atoms with van der Waals surface area (Å²) in [7, 11) is 0. The van der Waals surface area contributed by atoms with Crippen LogP contribution in [0.3, 0.4) is 0 Å². The van der Waals surface area contributed by atoms with E-state index in [0.717, 1.165) is 22.2 Å². The number of aromatic nitrogens is 2. The molecule has 1 amide bonds. The van der Waals surface area contributed by atoms with Crippen molar-refractivity contribution < 1.29 is 9.53 Å². The Labute approximate surface area is 182 Å². The molecule has 0 atom stereocenters. The number of fused-ring (bicyclic) bond motifs is 1. The molecule has 1 aromatic heterocycles. The van der Waals surface area contributed by atoms with E-state index in [0.29, 0.717) is 18.7 Å². The molecule has 1 heterocycles. The van der Waals surface area contributed by atoms with Crippen molar-refractivity contribution in [2.45, 2.75) is 40.0 Å². The summed E-state index contributed by atoms with van der Waals surface area (Å²) in [5, 5.41) is 8.53. The van der Waals surface area contributed by atoms with Gasteiger partial charge in [0.05, 0.1) is 24.4 Å². The maximum absolute atomic E-state index is 12.7. The number of nitrogens with one attached hydrogen (secondary N) is 1. The molecular formula is C26H27N3O2. The fourth-order valence-electron chi connectivity index (χ4n) is 3.45. The zero-order chi connectivity index (χ0) is 21.8. The first-order valence-electron chi connectivity index (χ1n) is 10.5. The Morgan fingerprint density at radius 3 is 2.42 bits per heavy atom. The Balaban J connectivity index is 1.45. The van der Waals surface area contributed by atoms with Gasteiger partial charge in [-0.05, 0) is 56.2 Å². The Hall–Kier alpha value is -3.60. The molecule has 158 valence electrons. The van der Waals surface area contributed by atoms with E-state index in [1.807, 2.05) is 67.2 Å². The smallest absolute Gasteiger partial charge is 0.251 e. The van der Waals surface area contributed by atoms with E-state index >= 15 is 0 Å². The number of nitrogens with zero attached hydrogens (tertiary/aromatic N) is 2. The molecule has 0 spiro atoms. The van der Waals surface area contributed by atoms with Gasteiger partial charge >= 0.3 is 0 Å². The fraction of sp³-hybridized carbons (Fsp3) is 0.231. The quantitative estimate of drug-likeness (QED) is 0.458. The van der Waals surface area contributed by atoms with Crippen molar-refractivity contribution in [3.8, 4) is 5.75 Å². The number of ether oxygens (including phenoxy) is 1. The number of benzene rings is 3. The molecule has 0 aliphatic heterocycles.